The average molecular weight is 373 g/mol. The smallest absolute Gasteiger partial charge is 0.416 e. The number of alkyl halides is 3. The van der Waals surface area contributed by atoms with Gasteiger partial charge in [-0.15, -0.1) is 0 Å². The molecular weight excluding hydrogens is 359 g/mol. The van der Waals surface area contributed by atoms with Crippen molar-refractivity contribution in [3.8, 4) is 11.5 Å². The van der Waals surface area contributed by atoms with E-state index in [0.29, 0.717) is 5.56 Å². The summed E-state index contributed by atoms with van der Waals surface area (Å²) in [5.74, 6) is -0.445. The van der Waals surface area contributed by atoms with Crippen LogP contribution in [0, 0.1) is 6.92 Å². The van der Waals surface area contributed by atoms with E-state index >= 15 is 0 Å². The quantitative estimate of drug-likeness (QED) is 0.710. The number of nitrogens with zero attached hydrogens (tertiary/aromatic N) is 2. The highest BCUT2D eigenvalue weighted by molar-refractivity contribution is 6.04. The van der Waals surface area contributed by atoms with E-state index in [-0.39, 0.29) is 17.2 Å². The molecule has 0 spiro atoms. The molecular formula is C19H14F3N3O2. The fourth-order valence-corrected chi connectivity index (χ4v) is 2.36. The maximum absolute atomic E-state index is 13.2. The van der Waals surface area contributed by atoms with Gasteiger partial charge >= 0.3 is 6.18 Å². The molecule has 0 saturated heterocycles. The van der Waals surface area contributed by atoms with Gasteiger partial charge in [0, 0.05) is 17.3 Å². The topological polar surface area (TPSA) is 64.1 Å². The number of carbonyl (C=O) groups excluding carboxylic acids is 1. The van der Waals surface area contributed by atoms with Gasteiger partial charge in [0.05, 0.1) is 18.0 Å². The average Bonchev–Trinajstić information content (AvgIpc) is 2.61. The molecule has 1 amide bonds. The molecule has 138 valence electrons. The Kier molecular flexibility index (Phi) is 5.07. The van der Waals surface area contributed by atoms with E-state index in [1.54, 1.807) is 18.2 Å². The summed E-state index contributed by atoms with van der Waals surface area (Å²) in [4.78, 5) is 19.8. The van der Waals surface area contributed by atoms with Gasteiger partial charge in [0.2, 0.25) is 0 Å². The minimum Gasteiger partial charge on any atom is -0.454 e. The van der Waals surface area contributed by atoms with Gasteiger partial charge in [0.15, 0.2) is 5.75 Å². The van der Waals surface area contributed by atoms with E-state index < -0.39 is 17.6 Å². The molecule has 0 saturated carbocycles. The molecule has 0 fully saturated rings. The van der Waals surface area contributed by atoms with Gasteiger partial charge in [0.1, 0.15) is 12.1 Å². The normalized spacial score (nSPS) is 11.1. The number of benzene rings is 2. The lowest BCUT2D eigenvalue weighted by molar-refractivity contribution is -0.137. The fourth-order valence-electron chi connectivity index (χ4n) is 2.36. The molecule has 27 heavy (non-hydrogen) atoms. The molecule has 0 atom stereocenters. The number of anilines is 1. The van der Waals surface area contributed by atoms with Gasteiger partial charge in [-0.1, -0.05) is 17.7 Å². The third-order valence-corrected chi connectivity index (χ3v) is 3.54. The van der Waals surface area contributed by atoms with Crippen LogP contribution in [-0.4, -0.2) is 15.9 Å². The zero-order valence-electron chi connectivity index (χ0n) is 14.1. The Balaban J connectivity index is 1.91. The first kappa shape index (κ1) is 18.4. The predicted octanol–water partition coefficient (Wildman–Crippen LogP) is 4.85. The molecule has 1 aromatic heterocycles. The second-order valence-corrected chi connectivity index (χ2v) is 5.74. The van der Waals surface area contributed by atoms with Crippen molar-refractivity contribution in [2.24, 2.45) is 0 Å². The summed E-state index contributed by atoms with van der Waals surface area (Å²) in [7, 11) is 0. The van der Waals surface area contributed by atoms with Crippen LogP contribution < -0.4 is 10.1 Å². The molecule has 3 aromatic rings. The van der Waals surface area contributed by atoms with Gasteiger partial charge in [-0.05, 0) is 31.2 Å². The molecule has 0 unspecified atom stereocenters. The molecule has 8 heteroatoms. The maximum atomic E-state index is 13.2. The fraction of sp³-hybridized carbons (Fsp3) is 0.105. The first-order valence-corrected chi connectivity index (χ1v) is 7.84. The van der Waals surface area contributed by atoms with Crippen LogP contribution in [0.3, 0.4) is 0 Å². The maximum Gasteiger partial charge on any atom is 0.416 e. The van der Waals surface area contributed by atoms with E-state index in [1.165, 1.54) is 24.8 Å². The summed E-state index contributed by atoms with van der Waals surface area (Å²) >= 11 is 0. The number of aromatic nitrogens is 2. The molecule has 2 aromatic carbocycles. The second kappa shape index (κ2) is 7.45. The summed E-state index contributed by atoms with van der Waals surface area (Å²) < 4.78 is 45.0. The van der Waals surface area contributed by atoms with E-state index in [9.17, 15) is 18.0 Å². The highest BCUT2D eigenvalue weighted by atomic mass is 19.4. The third-order valence-electron chi connectivity index (χ3n) is 3.54. The van der Waals surface area contributed by atoms with Gasteiger partial charge in [0.25, 0.3) is 5.91 Å². The van der Waals surface area contributed by atoms with Crippen molar-refractivity contribution in [1.82, 2.24) is 9.97 Å². The van der Waals surface area contributed by atoms with Gasteiger partial charge in [-0.25, -0.2) is 9.97 Å². The summed E-state index contributed by atoms with van der Waals surface area (Å²) in [6.45, 7) is 1.81. The number of hydrogen-bond acceptors (Lipinski definition) is 4. The molecule has 0 radical (unpaired) electrons. The number of nitrogens with one attached hydrogen (secondary N) is 1. The van der Waals surface area contributed by atoms with Crippen LogP contribution in [0.1, 0.15) is 21.5 Å². The summed E-state index contributed by atoms with van der Waals surface area (Å²) in [6, 6.07) is 9.72. The number of carbonyl (C=O) groups is 1. The number of amides is 1. The minimum atomic E-state index is -4.60. The van der Waals surface area contributed by atoms with Crippen LogP contribution >= 0.6 is 0 Å². The van der Waals surface area contributed by atoms with Crippen LogP contribution in [-0.2, 0) is 6.18 Å². The van der Waals surface area contributed by atoms with E-state index in [1.807, 2.05) is 13.0 Å². The summed E-state index contributed by atoms with van der Waals surface area (Å²) in [5, 5.41) is 2.47. The lowest BCUT2D eigenvalue weighted by Gasteiger charge is -2.13. The lowest BCUT2D eigenvalue weighted by atomic mass is 10.1. The minimum absolute atomic E-state index is 0.0387. The number of rotatable bonds is 4. The van der Waals surface area contributed by atoms with Crippen LogP contribution in [0.25, 0.3) is 0 Å². The van der Waals surface area contributed by atoms with Crippen molar-refractivity contribution in [1.29, 1.82) is 0 Å². The molecule has 0 aliphatic heterocycles. The Morgan fingerprint density at radius 2 is 1.78 bits per heavy atom. The van der Waals surface area contributed by atoms with Gasteiger partial charge in [-0.2, -0.15) is 13.2 Å². The van der Waals surface area contributed by atoms with E-state index in [0.717, 1.165) is 17.7 Å². The van der Waals surface area contributed by atoms with Crippen LogP contribution in [0.2, 0.25) is 0 Å². The SMILES string of the molecule is Cc1cccc(C(=O)Nc2cc(Oc3cncnc3)cc(C(F)(F)F)c2)c1. The first-order valence-electron chi connectivity index (χ1n) is 7.84. The zero-order chi connectivity index (χ0) is 19.4. The van der Waals surface area contributed by atoms with Crippen molar-refractivity contribution in [3.05, 3.63) is 77.9 Å². The molecule has 0 aliphatic carbocycles. The Morgan fingerprint density at radius 3 is 2.44 bits per heavy atom. The summed E-state index contributed by atoms with van der Waals surface area (Å²) in [6.07, 6.45) is -0.696. The molecule has 1 heterocycles. The Hall–Kier alpha value is -3.42. The number of ether oxygens (including phenoxy) is 1. The Labute approximate surface area is 152 Å². The van der Waals surface area contributed by atoms with E-state index in [2.05, 4.69) is 15.3 Å². The zero-order valence-corrected chi connectivity index (χ0v) is 14.1. The first-order chi connectivity index (χ1) is 12.8. The summed E-state index contributed by atoms with van der Waals surface area (Å²) in [5.41, 5.74) is 0.214. The highest BCUT2D eigenvalue weighted by Crippen LogP contribution is 2.35. The van der Waals surface area contributed by atoms with Crippen LogP contribution in [0.4, 0.5) is 18.9 Å². The standard InChI is InChI=1S/C19H14F3N3O2/c1-12-3-2-4-13(5-12)18(26)25-15-6-14(19(20,21)22)7-16(8-15)27-17-9-23-11-24-10-17/h2-11H,1H3,(H,25,26). The Bertz CT molecular complexity index is 960. The van der Waals surface area contributed by atoms with Crippen molar-refractivity contribution in [2.45, 2.75) is 13.1 Å². The Morgan fingerprint density at radius 1 is 1.04 bits per heavy atom. The van der Waals surface area contributed by atoms with Crippen LogP contribution in [0.5, 0.6) is 11.5 Å². The van der Waals surface area contributed by atoms with Gasteiger partial charge < -0.3 is 10.1 Å². The molecule has 5 nitrogen and oxygen atoms in total. The largest absolute Gasteiger partial charge is 0.454 e. The lowest BCUT2D eigenvalue weighted by Crippen LogP contribution is -2.13. The van der Waals surface area contributed by atoms with Gasteiger partial charge in [-0.3, -0.25) is 4.79 Å². The number of halogens is 3. The molecule has 0 bridgehead atoms. The van der Waals surface area contributed by atoms with Crippen molar-refractivity contribution in [3.63, 3.8) is 0 Å². The third kappa shape index (κ3) is 4.81. The monoisotopic (exact) mass is 373 g/mol. The van der Waals surface area contributed by atoms with Crippen molar-refractivity contribution < 1.29 is 22.7 Å². The number of aryl methyl sites for hydroxylation is 1. The molecule has 1 N–H and O–H groups in total. The second-order valence-electron chi connectivity index (χ2n) is 5.74. The van der Waals surface area contributed by atoms with Crippen LogP contribution in [0.15, 0.2) is 61.2 Å². The molecule has 3 rings (SSSR count). The molecule has 0 aliphatic rings. The van der Waals surface area contributed by atoms with Crippen molar-refractivity contribution in [2.75, 3.05) is 5.32 Å². The van der Waals surface area contributed by atoms with E-state index in [4.69, 9.17) is 4.74 Å². The van der Waals surface area contributed by atoms with Crippen molar-refractivity contribution >= 4 is 11.6 Å². The number of hydrogen-bond donors (Lipinski definition) is 1. The highest BCUT2D eigenvalue weighted by Gasteiger charge is 2.31. The predicted molar refractivity (Wildman–Crippen MR) is 92.7 cm³/mol.